The highest BCUT2D eigenvalue weighted by molar-refractivity contribution is 7.90. The molecular formula is C13H23N3O3S. The Kier molecular flexibility index (Phi) is 6.25. The zero-order valence-electron chi connectivity index (χ0n) is 12.2. The molecule has 114 valence electrons. The fourth-order valence-corrected chi connectivity index (χ4v) is 2.46. The van der Waals surface area contributed by atoms with Gasteiger partial charge in [-0.25, -0.2) is 8.42 Å². The maximum Gasteiger partial charge on any atom is 0.177 e. The van der Waals surface area contributed by atoms with Gasteiger partial charge in [0.15, 0.2) is 9.84 Å². The number of rotatable bonds is 8. The zero-order chi connectivity index (χ0) is 15.2. The lowest BCUT2D eigenvalue weighted by Crippen LogP contribution is -2.20. The van der Waals surface area contributed by atoms with Gasteiger partial charge in [0.05, 0.1) is 29.5 Å². The summed E-state index contributed by atoms with van der Waals surface area (Å²) in [7, 11) is 0.664. The average molecular weight is 301 g/mol. The average Bonchev–Trinajstić information content (AvgIpc) is 2.33. The Morgan fingerprint density at radius 3 is 2.60 bits per heavy atom. The number of nitrogens with two attached hydrogens (primary N) is 1. The van der Waals surface area contributed by atoms with Gasteiger partial charge in [-0.15, -0.1) is 0 Å². The first-order valence-corrected chi connectivity index (χ1v) is 8.26. The Balaban J connectivity index is 2.49. The lowest BCUT2D eigenvalue weighted by atomic mass is 10.2. The van der Waals surface area contributed by atoms with E-state index in [-0.39, 0.29) is 10.6 Å². The second-order valence-electron chi connectivity index (χ2n) is 4.83. The number of nitrogen functional groups attached to an aromatic ring is 1. The van der Waals surface area contributed by atoms with E-state index >= 15 is 0 Å². The summed E-state index contributed by atoms with van der Waals surface area (Å²) in [5, 5.41) is 3.09. The number of likely N-dealkylation sites (N-methyl/N-ethyl adjacent to an activating group) is 1. The summed E-state index contributed by atoms with van der Waals surface area (Å²) in [6.45, 7) is 2.64. The largest absolute Gasteiger partial charge is 0.396 e. The van der Waals surface area contributed by atoms with Crippen LogP contribution in [0.5, 0.6) is 0 Å². The summed E-state index contributed by atoms with van der Waals surface area (Å²) in [5.41, 5.74) is 6.73. The molecule has 3 N–H and O–H groups in total. The molecule has 0 spiro atoms. The Bertz CT molecular complexity index is 530. The third-order valence-corrected chi connectivity index (χ3v) is 3.87. The molecule has 7 heteroatoms. The molecule has 20 heavy (non-hydrogen) atoms. The van der Waals surface area contributed by atoms with E-state index < -0.39 is 9.84 Å². The topological polar surface area (TPSA) is 84.7 Å². The zero-order valence-corrected chi connectivity index (χ0v) is 13.0. The van der Waals surface area contributed by atoms with Crippen molar-refractivity contribution in [2.24, 2.45) is 0 Å². The fourth-order valence-electron chi connectivity index (χ4n) is 1.63. The van der Waals surface area contributed by atoms with Crippen molar-refractivity contribution in [3.8, 4) is 0 Å². The van der Waals surface area contributed by atoms with E-state index in [4.69, 9.17) is 10.5 Å². The number of ether oxygens (including phenoxy) is 1. The smallest absolute Gasteiger partial charge is 0.177 e. The Hall–Kier alpha value is -1.31. The number of hydrogen-bond donors (Lipinski definition) is 2. The molecule has 0 heterocycles. The van der Waals surface area contributed by atoms with Gasteiger partial charge < -0.3 is 20.7 Å². The Labute approximate surface area is 120 Å². The van der Waals surface area contributed by atoms with Crippen LogP contribution in [0.15, 0.2) is 23.1 Å². The standard InChI is InChI=1S/C13H23N3O3S/c1-16(2)8-10-19-9-7-15-11-5-4-6-12(13(11)14)20(3,17)18/h4-6,15H,7-10,14H2,1-3H3. The van der Waals surface area contributed by atoms with Crippen LogP contribution in [0, 0.1) is 0 Å². The van der Waals surface area contributed by atoms with Crippen molar-refractivity contribution in [2.45, 2.75) is 4.90 Å². The highest BCUT2D eigenvalue weighted by Crippen LogP contribution is 2.26. The van der Waals surface area contributed by atoms with Crippen LogP contribution < -0.4 is 11.1 Å². The lowest BCUT2D eigenvalue weighted by Gasteiger charge is -2.13. The molecule has 1 rings (SSSR count). The summed E-state index contributed by atoms with van der Waals surface area (Å²) in [4.78, 5) is 2.19. The number of sulfone groups is 1. The van der Waals surface area contributed by atoms with Gasteiger partial charge in [-0.3, -0.25) is 0 Å². The van der Waals surface area contributed by atoms with Crippen molar-refractivity contribution in [1.82, 2.24) is 4.90 Å². The van der Waals surface area contributed by atoms with Gasteiger partial charge in [0.1, 0.15) is 0 Å². The predicted octanol–water partition coefficient (Wildman–Crippen LogP) is 0.662. The van der Waals surface area contributed by atoms with Crippen molar-refractivity contribution in [3.05, 3.63) is 18.2 Å². The molecular weight excluding hydrogens is 278 g/mol. The van der Waals surface area contributed by atoms with E-state index in [0.29, 0.717) is 25.4 Å². The molecule has 0 unspecified atom stereocenters. The second kappa shape index (κ2) is 7.47. The van der Waals surface area contributed by atoms with E-state index in [1.54, 1.807) is 12.1 Å². The molecule has 6 nitrogen and oxygen atoms in total. The van der Waals surface area contributed by atoms with Gasteiger partial charge in [0.25, 0.3) is 0 Å². The van der Waals surface area contributed by atoms with Crippen LogP contribution >= 0.6 is 0 Å². The van der Waals surface area contributed by atoms with E-state index in [2.05, 4.69) is 5.32 Å². The Morgan fingerprint density at radius 1 is 1.30 bits per heavy atom. The van der Waals surface area contributed by atoms with Crippen LogP contribution in [0.3, 0.4) is 0 Å². The number of para-hydroxylation sites is 1. The van der Waals surface area contributed by atoms with Crippen molar-refractivity contribution in [3.63, 3.8) is 0 Å². The number of nitrogens with zero attached hydrogens (tertiary/aromatic N) is 1. The molecule has 0 saturated carbocycles. The van der Waals surface area contributed by atoms with Gasteiger partial charge in [-0.2, -0.15) is 0 Å². The first-order chi connectivity index (χ1) is 9.32. The monoisotopic (exact) mass is 301 g/mol. The summed E-state index contributed by atoms with van der Waals surface area (Å²) < 4.78 is 28.5. The molecule has 0 amide bonds. The minimum absolute atomic E-state index is 0.149. The molecule has 0 aliphatic carbocycles. The van der Waals surface area contributed by atoms with E-state index in [1.165, 1.54) is 6.07 Å². The van der Waals surface area contributed by atoms with Gasteiger partial charge in [-0.1, -0.05) is 6.07 Å². The van der Waals surface area contributed by atoms with E-state index in [9.17, 15) is 8.42 Å². The van der Waals surface area contributed by atoms with Crippen molar-refractivity contribution >= 4 is 21.2 Å². The third kappa shape index (κ3) is 5.36. The molecule has 0 fully saturated rings. The molecule has 0 saturated heterocycles. The van der Waals surface area contributed by atoms with Crippen LogP contribution in [0.1, 0.15) is 0 Å². The quantitative estimate of drug-likeness (QED) is 0.542. The normalized spacial score (nSPS) is 11.8. The minimum atomic E-state index is -3.31. The fraction of sp³-hybridized carbons (Fsp3) is 0.538. The summed E-state index contributed by atoms with van der Waals surface area (Å²) in [6.07, 6.45) is 1.15. The third-order valence-electron chi connectivity index (χ3n) is 2.71. The van der Waals surface area contributed by atoms with Gasteiger partial charge in [0.2, 0.25) is 0 Å². The van der Waals surface area contributed by atoms with Gasteiger partial charge >= 0.3 is 0 Å². The maximum atomic E-state index is 11.5. The lowest BCUT2D eigenvalue weighted by molar-refractivity contribution is 0.126. The van der Waals surface area contributed by atoms with Crippen LogP contribution in [0.4, 0.5) is 11.4 Å². The molecule has 0 aromatic heterocycles. The summed E-state index contributed by atoms with van der Waals surface area (Å²) in [6, 6.07) is 4.93. The van der Waals surface area contributed by atoms with Crippen LogP contribution in [0.2, 0.25) is 0 Å². The second-order valence-corrected chi connectivity index (χ2v) is 6.82. The van der Waals surface area contributed by atoms with Crippen LogP contribution in [0.25, 0.3) is 0 Å². The summed E-state index contributed by atoms with van der Waals surface area (Å²) >= 11 is 0. The number of nitrogens with one attached hydrogen (secondary N) is 1. The molecule has 0 atom stereocenters. The van der Waals surface area contributed by atoms with Crippen LogP contribution in [-0.2, 0) is 14.6 Å². The predicted molar refractivity (Wildman–Crippen MR) is 81.8 cm³/mol. The van der Waals surface area contributed by atoms with Gasteiger partial charge in [-0.05, 0) is 26.2 Å². The molecule has 0 radical (unpaired) electrons. The van der Waals surface area contributed by atoms with E-state index in [1.807, 2.05) is 19.0 Å². The molecule has 1 aromatic rings. The summed E-state index contributed by atoms with van der Waals surface area (Å²) in [5.74, 6) is 0. The first kappa shape index (κ1) is 16.7. The van der Waals surface area contributed by atoms with Crippen LogP contribution in [-0.4, -0.2) is 60.0 Å². The maximum absolute atomic E-state index is 11.5. The van der Waals surface area contributed by atoms with E-state index in [0.717, 1.165) is 12.8 Å². The number of hydrogen-bond acceptors (Lipinski definition) is 6. The SMILES string of the molecule is CN(C)CCOCCNc1cccc(S(C)(=O)=O)c1N. The number of anilines is 2. The van der Waals surface area contributed by atoms with Crippen molar-refractivity contribution < 1.29 is 13.2 Å². The molecule has 0 bridgehead atoms. The highest BCUT2D eigenvalue weighted by Gasteiger charge is 2.13. The first-order valence-electron chi connectivity index (χ1n) is 6.37. The molecule has 0 aliphatic heterocycles. The van der Waals surface area contributed by atoms with Crippen molar-refractivity contribution in [2.75, 3.05) is 57.7 Å². The molecule has 0 aliphatic rings. The minimum Gasteiger partial charge on any atom is -0.396 e. The highest BCUT2D eigenvalue weighted by atomic mass is 32.2. The van der Waals surface area contributed by atoms with Gasteiger partial charge in [0, 0.05) is 19.3 Å². The molecule has 1 aromatic carbocycles. The number of benzene rings is 1. The van der Waals surface area contributed by atoms with Crippen molar-refractivity contribution in [1.29, 1.82) is 0 Å². The Morgan fingerprint density at radius 2 is 2.00 bits per heavy atom.